The van der Waals surface area contributed by atoms with Crippen LogP contribution in [0.2, 0.25) is 0 Å². The minimum atomic E-state index is 0.167. The summed E-state index contributed by atoms with van der Waals surface area (Å²) in [6.07, 6.45) is 8.11. The van der Waals surface area contributed by atoms with Gasteiger partial charge in [-0.05, 0) is 70.4 Å². The van der Waals surface area contributed by atoms with Crippen molar-refractivity contribution in [1.82, 2.24) is 10.3 Å². The zero-order chi connectivity index (χ0) is 14.8. The molecule has 0 aromatic carbocycles. The normalized spacial score (nSPS) is 35.0. The van der Waals surface area contributed by atoms with E-state index >= 15 is 0 Å². The molecule has 2 aliphatic rings. The minimum absolute atomic E-state index is 0.167. The summed E-state index contributed by atoms with van der Waals surface area (Å²) in [4.78, 5) is 2.67. The van der Waals surface area contributed by atoms with E-state index in [4.69, 9.17) is 5.84 Å². The Morgan fingerprint density at radius 2 is 1.70 bits per heavy atom. The Balaban J connectivity index is 2.05. The monoisotopic (exact) mass is 281 g/mol. The average molecular weight is 281 g/mol. The number of hydrazine groups is 1. The molecule has 1 heterocycles. The van der Waals surface area contributed by atoms with E-state index in [1.165, 1.54) is 51.6 Å². The average Bonchev–Trinajstić information content (AvgIpc) is 2.44. The van der Waals surface area contributed by atoms with E-state index in [2.05, 4.69) is 38.0 Å². The first-order valence-electron chi connectivity index (χ1n) is 8.68. The Kier molecular flexibility index (Phi) is 5.49. The predicted octanol–water partition coefficient (Wildman–Crippen LogP) is 3.16. The summed E-state index contributed by atoms with van der Waals surface area (Å²) in [5.41, 5.74) is 3.37. The Labute approximate surface area is 125 Å². The third kappa shape index (κ3) is 3.37. The van der Waals surface area contributed by atoms with E-state index in [-0.39, 0.29) is 5.54 Å². The largest absolute Gasteiger partial charge is 0.297 e. The van der Waals surface area contributed by atoms with Gasteiger partial charge < -0.3 is 0 Å². The van der Waals surface area contributed by atoms with Crippen molar-refractivity contribution in [2.45, 2.75) is 77.8 Å². The van der Waals surface area contributed by atoms with E-state index in [9.17, 15) is 0 Å². The maximum Gasteiger partial charge on any atom is 0.0417 e. The highest BCUT2D eigenvalue weighted by molar-refractivity contribution is 4.98. The zero-order valence-corrected chi connectivity index (χ0v) is 14.0. The van der Waals surface area contributed by atoms with Gasteiger partial charge in [0.1, 0.15) is 0 Å². The first-order chi connectivity index (χ1) is 9.46. The lowest BCUT2D eigenvalue weighted by atomic mass is 9.69. The molecule has 4 atom stereocenters. The van der Waals surface area contributed by atoms with Gasteiger partial charge in [0.25, 0.3) is 0 Å². The Bertz CT molecular complexity index is 297. The van der Waals surface area contributed by atoms with Gasteiger partial charge in [-0.1, -0.05) is 26.7 Å². The van der Waals surface area contributed by atoms with Crippen LogP contribution in [0.25, 0.3) is 0 Å². The fourth-order valence-electron chi connectivity index (χ4n) is 4.48. The van der Waals surface area contributed by atoms with Crippen molar-refractivity contribution in [3.05, 3.63) is 0 Å². The second-order valence-corrected chi connectivity index (χ2v) is 7.87. The summed E-state index contributed by atoms with van der Waals surface area (Å²) in [6, 6.07) is 0.413. The molecule has 20 heavy (non-hydrogen) atoms. The summed E-state index contributed by atoms with van der Waals surface area (Å²) >= 11 is 0. The molecule has 0 aromatic rings. The van der Waals surface area contributed by atoms with Gasteiger partial charge in [-0.2, -0.15) is 0 Å². The predicted molar refractivity (Wildman–Crippen MR) is 86.3 cm³/mol. The second kappa shape index (κ2) is 6.76. The lowest BCUT2D eigenvalue weighted by molar-refractivity contribution is 0.0221. The lowest BCUT2D eigenvalue weighted by Gasteiger charge is -2.50. The van der Waals surface area contributed by atoms with E-state index in [0.29, 0.717) is 6.04 Å². The highest BCUT2D eigenvalue weighted by Gasteiger charge is 2.41. The molecule has 0 spiro atoms. The van der Waals surface area contributed by atoms with E-state index < -0.39 is 0 Å². The molecule has 2 rings (SSSR count). The van der Waals surface area contributed by atoms with Crippen LogP contribution in [0.1, 0.15) is 66.2 Å². The standard InChI is InChI=1S/C17H35N3/c1-13-8-9-15(12-14(13)2)16(19-18)17(3,4)20-10-6-5-7-11-20/h13-16,19H,5-12,18H2,1-4H3. The SMILES string of the molecule is CC1CCC(C(NN)C(C)(C)N2CCCCC2)CC1C. The second-order valence-electron chi connectivity index (χ2n) is 7.87. The van der Waals surface area contributed by atoms with Crippen LogP contribution in [0.5, 0.6) is 0 Å². The molecule has 118 valence electrons. The zero-order valence-electron chi connectivity index (χ0n) is 14.0. The van der Waals surface area contributed by atoms with Crippen LogP contribution in [-0.4, -0.2) is 29.6 Å². The van der Waals surface area contributed by atoms with Crippen molar-refractivity contribution in [1.29, 1.82) is 0 Å². The Hall–Kier alpha value is -0.120. The topological polar surface area (TPSA) is 41.3 Å². The fourth-order valence-corrected chi connectivity index (χ4v) is 4.48. The third-order valence-electron chi connectivity index (χ3n) is 6.22. The van der Waals surface area contributed by atoms with Gasteiger partial charge in [-0.3, -0.25) is 16.2 Å². The quantitative estimate of drug-likeness (QED) is 0.614. The third-order valence-corrected chi connectivity index (χ3v) is 6.22. The maximum absolute atomic E-state index is 6.00. The van der Waals surface area contributed by atoms with Crippen LogP contribution in [-0.2, 0) is 0 Å². The van der Waals surface area contributed by atoms with Crippen molar-refractivity contribution in [3.8, 4) is 0 Å². The van der Waals surface area contributed by atoms with Crippen LogP contribution in [0.15, 0.2) is 0 Å². The number of nitrogens with one attached hydrogen (secondary N) is 1. The molecule has 1 saturated heterocycles. The summed E-state index contributed by atoms with van der Waals surface area (Å²) < 4.78 is 0. The van der Waals surface area contributed by atoms with Gasteiger partial charge in [-0.25, -0.2) is 0 Å². The molecular weight excluding hydrogens is 246 g/mol. The molecule has 0 aromatic heterocycles. The van der Waals surface area contributed by atoms with Crippen molar-refractivity contribution >= 4 is 0 Å². The summed E-state index contributed by atoms with van der Waals surface area (Å²) in [5, 5.41) is 0. The molecule has 3 heteroatoms. The van der Waals surface area contributed by atoms with Crippen molar-refractivity contribution in [3.63, 3.8) is 0 Å². The van der Waals surface area contributed by atoms with Crippen LogP contribution in [0.4, 0.5) is 0 Å². The maximum atomic E-state index is 6.00. The molecule has 2 fully saturated rings. The van der Waals surface area contributed by atoms with Crippen molar-refractivity contribution in [2.24, 2.45) is 23.6 Å². The molecular formula is C17H35N3. The van der Waals surface area contributed by atoms with Crippen LogP contribution in [0, 0.1) is 17.8 Å². The summed E-state index contributed by atoms with van der Waals surface area (Å²) in [6.45, 7) is 12.1. The Morgan fingerprint density at radius 3 is 2.25 bits per heavy atom. The van der Waals surface area contributed by atoms with Gasteiger partial charge >= 0.3 is 0 Å². The number of likely N-dealkylation sites (tertiary alicyclic amines) is 1. The molecule has 3 nitrogen and oxygen atoms in total. The molecule has 0 bridgehead atoms. The van der Waals surface area contributed by atoms with Crippen molar-refractivity contribution < 1.29 is 0 Å². The van der Waals surface area contributed by atoms with E-state index in [0.717, 1.165) is 17.8 Å². The van der Waals surface area contributed by atoms with Crippen LogP contribution < -0.4 is 11.3 Å². The van der Waals surface area contributed by atoms with Gasteiger partial charge in [0.15, 0.2) is 0 Å². The summed E-state index contributed by atoms with van der Waals surface area (Å²) in [7, 11) is 0. The molecule has 0 amide bonds. The van der Waals surface area contributed by atoms with Crippen molar-refractivity contribution in [2.75, 3.05) is 13.1 Å². The van der Waals surface area contributed by atoms with Crippen LogP contribution >= 0.6 is 0 Å². The van der Waals surface area contributed by atoms with E-state index in [1.54, 1.807) is 0 Å². The van der Waals surface area contributed by atoms with Gasteiger partial charge in [0.05, 0.1) is 0 Å². The number of piperidine rings is 1. The van der Waals surface area contributed by atoms with Gasteiger partial charge in [0.2, 0.25) is 0 Å². The van der Waals surface area contributed by atoms with E-state index in [1.807, 2.05) is 0 Å². The number of nitrogens with two attached hydrogens (primary N) is 1. The van der Waals surface area contributed by atoms with Crippen LogP contribution in [0.3, 0.4) is 0 Å². The molecule has 1 saturated carbocycles. The first-order valence-corrected chi connectivity index (χ1v) is 8.68. The molecule has 0 radical (unpaired) electrons. The molecule has 3 N–H and O–H groups in total. The fraction of sp³-hybridized carbons (Fsp3) is 1.00. The molecule has 4 unspecified atom stereocenters. The van der Waals surface area contributed by atoms with Gasteiger partial charge in [0, 0.05) is 11.6 Å². The Morgan fingerprint density at radius 1 is 1.05 bits per heavy atom. The number of hydrogen-bond donors (Lipinski definition) is 2. The summed E-state index contributed by atoms with van der Waals surface area (Å²) in [5.74, 6) is 8.44. The highest BCUT2D eigenvalue weighted by Crippen LogP contribution is 2.39. The number of hydrogen-bond acceptors (Lipinski definition) is 3. The molecule has 1 aliphatic carbocycles. The highest BCUT2D eigenvalue weighted by atomic mass is 15.3. The molecule has 1 aliphatic heterocycles. The minimum Gasteiger partial charge on any atom is -0.297 e. The van der Waals surface area contributed by atoms with Gasteiger partial charge in [-0.15, -0.1) is 0 Å². The number of nitrogens with zero attached hydrogens (tertiary/aromatic N) is 1. The lowest BCUT2D eigenvalue weighted by Crippen LogP contribution is -2.63. The number of rotatable bonds is 4. The first kappa shape index (κ1) is 16.3. The smallest absolute Gasteiger partial charge is 0.0417 e.